The largest absolute Gasteiger partial charge is 0.381 e. The number of methoxy groups -OCH3 is 1. The molecule has 4 rings (SSSR count). The Morgan fingerprint density at radius 2 is 2.17 bits per heavy atom. The fourth-order valence-electron chi connectivity index (χ4n) is 4.81. The van der Waals surface area contributed by atoms with Crippen molar-refractivity contribution in [2.45, 2.75) is 44.8 Å². The summed E-state index contributed by atoms with van der Waals surface area (Å²) in [4.78, 5) is 2.63. The van der Waals surface area contributed by atoms with Crippen molar-refractivity contribution in [2.75, 3.05) is 20.2 Å². The molecule has 0 N–H and O–H groups in total. The predicted octanol–water partition coefficient (Wildman–Crippen LogP) is 3.65. The molecule has 0 unspecified atom stereocenters. The molecule has 2 heterocycles. The van der Waals surface area contributed by atoms with E-state index >= 15 is 0 Å². The highest BCUT2D eigenvalue weighted by Gasteiger charge is 2.45. The molecule has 0 amide bonds. The van der Waals surface area contributed by atoms with Crippen LogP contribution in [-0.2, 0) is 11.3 Å². The van der Waals surface area contributed by atoms with Gasteiger partial charge in [0.05, 0.1) is 11.8 Å². The predicted molar refractivity (Wildman–Crippen MR) is 95.2 cm³/mol. The molecule has 0 radical (unpaired) electrons. The van der Waals surface area contributed by atoms with Crippen LogP contribution in [0.15, 0.2) is 42.7 Å². The van der Waals surface area contributed by atoms with Crippen LogP contribution in [0.5, 0.6) is 0 Å². The lowest BCUT2D eigenvalue weighted by molar-refractivity contribution is -0.0366. The second-order valence-electron chi connectivity index (χ2n) is 7.41. The lowest BCUT2D eigenvalue weighted by atomic mass is 9.76. The molecular formula is C20H27N3O. The molecule has 0 bridgehead atoms. The Kier molecular flexibility index (Phi) is 4.42. The Bertz CT molecular complexity index is 669. The summed E-state index contributed by atoms with van der Waals surface area (Å²) in [5.74, 6) is 0. The first-order chi connectivity index (χ1) is 11.8. The third kappa shape index (κ3) is 3.01. The van der Waals surface area contributed by atoms with E-state index in [4.69, 9.17) is 4.74 Å². The van der Waals surface area contributed by atoms with Gasteiger partial charge in [0, 0.05) is 38.0 Å². The van der Waals surface area contributed by atoms with Crippen molar-refractivity contribution in [2.24, 2.45) is 5.41 Å². The molecule has 1 saturated heterocycles. The van der Waals surface area contributed by atoms with Crippen LogP contribution in [0.25, 0.3) is 5.69 Å². The SMILES string of the molecule is CO[C@@H]1CCC[C@]12CCCN(Cc1cccc(-n3cccn3)c1)C2. The lowest BCUT2D eigenvalue weighted by Gasteiger charge is -2.43. The Balaban J connectivity index is 1.48. The van der Waals surface area contributed by atoms with Gasteiger partial charge in [-0.05, 0) is 56.0 Å². The van der Waals surface area contributed by atoms with Crippen LogP contribution in [0.1, 0.15) is 37.7 Å². The molecular weight excluding hydrogens is 298 g/mol. The molecule has 4 heteroatoms. The van der Waals surface area contributed by atoms with Crippen molar-refractivity contribution in [1.82, 2.24) is 14.7 Å². The van der Waals surface area contributed by atoms with Crippen molar-refractivity contribution in [3.63, 3.8) is 0 Å². The summed E-state index contributed by atoms with van der Waals surface area (Å²) < 4.78 is 7.76. The van der Waals surface area contributed by atoms with Crippen molar-refractivity contribution >= 4 is 0 Å². The summed E-state index contributed by atoms with van der Waals surface area (Å²) in [5, 5.41) is 4.34. The Hall–Kier alpha value is -1.65. The summed E-state index contributed by atoms with van der Waals surface area (Å²) >= 11 is 0. The van der Waals surface area contributed by atoms with E-state index < -0.39 is 0 Å². The maximum Gasteiger partial charge on any atom is 0.0648 e. The minimum Gasteiger partial charge on any atom is -0.381 e. The molecule has 1 aliphatic carbocycles. The molecule has 24 heavy (non-hydrogen) atoms. The number of piperidine rings is 1. The standard InChI is InChI=1S/C20H27N3O/c1-24-19-8-3-9-20(19)10-4-12-22(16-20)15-17-6-2-7-18(14-17)23-13-5-11-21-23/h2,5-7,11,13-14,19H,3-4,8-10,12,15-16H2,1H3/t19-,20-/m1/s1. The van der Waals surface area contributed by atoms with Crippen LogP contribution in [0.3, 0.4) is 0 Å². The van der Waals surface area contributed by atoms with Crippen LogP contribution in [0, 0.1) is 5.41 Å². The number of likely N-dealkylation sites (tertiary alicyclic amines) is 1. The van der Waals surface area contributed by atoms with E-state index in [1.165, 1.54) is 50.8 Å². The van der Waals surface area contributed by atoms with Crippen LogP contribution >= 0.6 is 0 Å². The minimum absolute atomic E-state index is 0.395. The first-order valence-corrected chi connectivity index (χ1v) is 9.13. The van der Waals surface area contributed by atoms with Gasteiger partial charge in [-0.15, -0.1) is 0 Å². The molecule has 2 aromatic rings. The summed E-state index contributed by atoms with van der Waals surface area (Å²) in [6, 6.07) is 10.7. The van der Waals surface area contributed by atoms with Crippen LogP contribution in [-0.4, -0.2) is 41.0 Å². The number of rotatable bonds is 4. The summed E-state index contributed by atoms with van der Waals surface area (Å²) in [6.45, 7) is 3.40. The molecule has 1 spiro atoms. The summed E-state index contributed by atoms with van der Waals surface area (Å²) in [7, 11) is 1.89. The molecule has 2 atom stereocenters. The molecule has 128 valence electrons. The van der Waals surface area contributed by atoms with Crippen LogP contribution < -0.4 is 0 Å². The first kappa shape index (κ1) is 15.9. The highest BCUT2D eigenvalue weighted by Crippen LogP contribution is 2.46. The molecule has 2 fully saturated rings. The smallest absolute Gasteiger partial charge is 0.0648 e. The monoisotopic (exact) mass is 325 g/mol. The van der Waals surface area contributed by atoms with Crippen molar-refractivity contribution in [3.8, 4) is 5.69 Å². The molecule has 2 aliphatic rings. The number of ether oxygens (including phenoxy) is 1. The van der Waals surface area contributed by atoms with Gasteiger partial charge in [-0.1, -0.05) is 18.6 Å². The van der Waals surface area contributed by atoms with E-state index in [0.717, 1.165) is 12.2 Å². The summed E-state index contributed by atoms with van der Waals surface area (Å²) in [5.41, 5.74) is 2.90. The van der Waals surface area contributed by atoms with Gasteiger partial charge < -0.3 is 4.74 Å². The number of hydrogen-bond acceptors (Lipinski definition) is 3. The van der Waals surface area contributed by atoms with E-state index in [1.54, 1.807) is 0 Å². The molecule has 1 saturated carbocycles. The molecule has 1 aromatic carbocycles. The highest BCUT2D eigenvalue weighted by molar-refractivity contribution is 5.35. The Labute approximate surface area is 144 Å². The zero-order valence-corrected chi connectivity index (χ0v) is 14.5. The van der Waals surface area contributed by atoms with Crippen molar-refractivity contribution in [1.29, 1.82) is 0 Å². The first-order valence-electron chi connectivity index (χ1n) is 9.13. The quantitative estimate of drug-likeness (QED) is 0.859. The van der Waals surface area contributed by atoms with E-state index in [1.807, 2.05) is 30.3 Å². The Morgan fingerprint density at radius 3 is 3.00 bits per heavy atom. The van der Waals surface area contributed by atoms with E-state index in [9.17, 15) is 0 Å². The van der Waals surface area contributed by atoms with Gasteiger partial charge in [0.2, 0.25) is 0 Å². The Morgan fingerprint density at radius 1 is 1.25 bits per heavy atom. The highest BCUT2D eigenvalue weighted by atomic mass is 16.5. The van der Waals surface area contributed by atoms with Gasteiger partial charge in [0.1, 0.15) is 0 Å². The van der Waals surface area contributed by atoms with E-state index in [2.05, 4.69) is 34.3 Å². The maximum atomic E-state index is 5.83. The van der Waals surface area contributed by atoms with E-state index in [0.29, 0.717) is 11.5 Å². The molecule has 1 aliphatic heterocycles. The van der Waals surface area contributed by atoms with Crippen molar-refractivity contribution < 1.29 is 4.74 Å². The van der Waals surface area contributed by atoms with Gasteiger partial charge >= 0.3 is 0 Å². The number of nitrogens with zero attached hydrogens (tertiary/aromatic N) is 3. The van der Waals surface area contributed by atoms with Gasteiger partial charge in [0.25, 0.3) is 0 Å². The second-order valence-corrected chi connectivity index (χ2v) is 7.41. The minimum atomic E-state index is 0.395. The lowest BCUT2D eigenvalue weighted by Crippen LogP contribution is -2.47. The third-order valence-electron chi connectivity index (χ3n) is 5.88. The van der Waals surface area contributed by atoms with Crippen molar-refractivity contribution in [3.05, 3.63) is 48.3 Å². The third-order valence-corrected chi connectivity index (χ3v) is 5.88. The fraction of sp³-hybridized carbons (Fsp3) is 0.550. The molecule has 4 nitrogen and oxygen atoms in total. The normalized spacial score (nSPS) is 27.8. The van der Waals surface area contributed by atoms with Gasteiger partial charge in [-0.3, -0.25) is 4.90 Å². The average molecular weight is 325 g/mol. The van der Waals surface area contributed by atoms with Gasteiger partial charge in [-0.2, -0.15) is 5.10 Å². The fourth-order valence-corrected chi connectivity index (χ4v) is 4.81. The van der Waals surface area contributed by atoms with Crippen LogP contribution in [0.4, 0.5) is 0 Å². The van der Waals surface area contributed by atoms with Gasteiger partial charge in [-0.25, -0.2) is 4.68 Å². The maximum absolute atomic E-state index is 5.83. The number of hydrogen-bond donors (Lipinski definition) is 0. The average Bonchev–Trinajstić information content (AvgIpc) is 3.25. The summed E-state index contributed by atoms with van der Waals surface area (Å²) in [6.07, 6.45) is 10.8. The topological polar surface area (TPSA) is 30.3 Å². The number of aromatic nitrogens is 2. The molecule has 1 aromatic heterocycles. The van der Waals surface area contributed by atoms with E-state index in [-0.39, 0.29) is 0 Å². The number of benzene rings is 1. The zero-order chi connectivity index (χ0) is 16.4. The van der Waals surface area contributed by atoms with Crippen LogP contribution in [0.2, 0.25) is 0 Å². The zero-order valence-electron chi connectivity index (χ0n) is 14.5. The second kappa shape index (κ2) is 6.69. The van der Waals surface area contributed by atoms with Gasteiger partial charge in [0.15, 0.2) is 0 Å².